The Labute approximate surface area is 163 Å². The van der Waals surface area contributed by atoms with Crippen molar-refractivity contribution < 1.29 is 45.7 Å². The smallest absolute Gasteiger partial charge is 0.483 e. The van der Waals surface area contributed by atoms with E-state index in [2.05, 4.69) is 24.8 Å². The van der Waals surface area contributed by atoms with Gasteiger partial charge >= 0.3 is 18.5 Å². The average molecular weight is 435 g/mol. The summed E-state index contributed by atoms with van der Waals surface area (Å²) in [6.07, 6.45) is -9.49. The van der Waals surface area contributed by atoms with Crippen LogP contribution < -0.4 is 14.8 Å². The summed E-state index contributed by atoms with van der Waals surface area (Å²) in [4.78, 5) is 18.1. The largest absolute Gasteiger partial charge is 0.573 e. The number of anilines is 2. The first-order chi connectivity index (χ1) is 13.9. The van der Waals surface area contributed by atoms with Crippen molar-refractivity contribution in [3.05, 3.63) is 42.0 Å². The second-order valence-electron chi connectivity index (χ2n) is 5.86. The molecule has 0 bridgehead atoms. The summed E-state index contributed by atoms with van der Waals surface area (Å²) in [6, 6.07) is 6.76. The monoisotopic (exact) mass is 435 g/mol. The first kappa shape index (κ1) is 21.1. The Morgan fingerprint density at radius 3 is 2.33 bits per heavy atom. The molecule has 3 N–H and O–H groups in total. The number of benzene rings is 2. The van der Waals surface area contributed by atoms with E-state index < -0.39 is 42.2 Å². The lowest BCUT2D eigenvalue weighted by atomic mass is 10.2. The number of ether oxygens (including phenoxy) is 2. The van der Waals surface area contributed by atoms with Crippen LogP contribution in [-0.2, 0) is 0 Å². The van der Waals surface area contributed by atoms with E-state index in [1.165, 1.54) is 12.1 Å². The zero-order valence-electron chi connectivity index (χ0n) is 14.6. The van der Waals surface area contributed by atoms with Crippen LogP contribution in [0.2, 0.25) is 0 Å². The minimum absolute atomic E-state index is 0.0683. The second kappa shape index (κ2) is 7.65. The number of aromatic nitrogens is 2. The molecule has 0 aliphatic heterocycles. The summed E-state index contributed by atoms with van der Waals surface area (Å²) in [5.41, 5.74) is 0.106. The van der Waals surface area contributed by atoms with Crippen molar-refractivity contribution in [2.75, 3.05) is 11.9 Å². The van der Waals surface area contributed by atoms with Crippen LogP contribution >= 0.6 is 0 Å². The molecule has 1 heterocycles. The molecule has 2 aromatic carbocycles. The van der Waals surface area contributed by atoms with Gasteiger partial charge in [-0.15, -0.1) is 13.2 Å². The van der Waals surface area contributed by atoms with E-state index in [4.69, 9.17) is 0 Å². The van der Waals surface area contributed by atoms with E-state index in [9.17, 15) is 36.2 Å². The van der Waals surface area contributed by atoms with E-state index in [0.29, 0.717) is 5.69 Å². The number of carboxylic acid groups (broad SMARTS) is 1. The fraction of sp³-hybridized carbons (Fsp3) is 0.176. The van der Waals surface area contributed by atoms with Crippen LogP contribution in [0.3, 0.4) is 0 Å². The molecule has 0 unspecified atom stereocenters. The van der Waals surface area contributed by atoms with Gasteiger partial charge in [-0.1, -0.05) is 0 Å². The summed E-state index contributed by atoms with van der Waals surface area (Å²) in [6.45, 7) is -1.68. The topological polar surface area (TPSA) is 96.5 Å². The molecule has 1 aromatic heterocycles. The second-order valence-corrected chi connectivity index (χ2v) is 5.86. The van der Waals surface area contributed by atoms with Crippen molar-refractivity contribution in [1.29, 1.82) is 0 Å². The molecule has 0 radical (unpaired) electrons. The maximum Gasteiger partial charge on any atom is 0.573 e. The van der Waals surface area contributed by atoms with Crippen molar-refractivity contribution in [1.82, 2.24) is 9.97 Å². The van der Waals surface area contributed by atoms with Gasteiger partial charge in [-0.05, 0) is 30.3 Å². The quantitative estimate of drug-likeness (QED) is 0.480. The predicted molar refractivity (Wildman–Crippen MR) is 91.0 cm³/mol. The van der Waals surface area contributed by atoms with Gasteiger partial charge in [-0.3, -0.25) is 0 Å². The number of hydrogen-bond acceptors (Lipinski definition) is 5. The third-order valence-electron chi connectivity index (χ3n) is 3.56. The van der Waals surface area contributed by atoms with E-state index in [1.54, 1.807) is 0 Å². The van der Waals surface area contributed by atoms with Gasteiger partial charge in [-0.2, -0.15) is 13.2 Å². The molecule has 0 amide bonds. The Morgan fingerprint density at radius 2 is 1.77 bits per heavy atom. The number of nitrogens with one attached hydrogen (secondary N) is 2. The van der Waals surface area contributed by atoms with Crippen molar-refractivity contribution in [3.8, 4) is 11.5 Å². The summed E-state index contributed by atoms with van der Waals surface area (Å²) >= 11 is 0. The van der Waals surface area contributed by atoms with Crippen LogP contribution in [0.25, 0.3) is 11.0 Å². The average Bonchev–Trinajstić information content (AvgIpc) is 3.00. The highest BCUT2D eigenvalue weighted by Crippen LogP contribution is 2.29. The maximum absolute atomic E-state index is 12.4. The molecule has 7 nitrogen and oxygen atoms in total. The zero-order valence-corrected chi connectivity index (χ0v) is 14.6. The molecule has 3 aromatic rings. The number of fused-ring (bicyclic) bond motifs is 1. The molecule has 0 spiro atoms. The van der Waals surface area contributed by atoms with E-state index in [1.807, 2.05) is 0 Å². The van der Waals surface area contributed by atoms with Crippen LogP contribution in [0.1, 0.15) is 10.4 Å². The van der Waals surface area contributed by atoms with Crippen LogP contribution in [0.15, 0.2) is 36.4 Å². The minimum atomic E-state index is -4.83. The molecule has 0 aliphatic carbocycles. The molecule has 0 aliphatic rings. The number of hydrogen-bond donors (Lipinski definition) is 3. The minimum Gasteiger partial charge on any atom is -0.483 e. The lowest BCUT2D eigenvalue weighted by molar-refractivity contribution is -0.274. The van der Waals surface area contributed by atoms with Crippen molar-refractivity contribution in [3.63, 3.8) is 0 Å². The van der Waals surface area contributed by atoms with Gasteiger partial charge in [0.2, 0.25) is 5.95 Å². The molecular formula is C17H11F6N3O4. The fourth-order valence-electron chi connectivity index (χ4n) is 2.42. The highest BCUT2D eigenvalue weighted by molar-refractivity contribution is 5.96. The molecular weight excluding hydrogens is 424 g/mol. The van der Waals surface area contributed by atoms with Gasteiger partial charge in [0, 0.05) is 11.8 Å². The molecule has 0 fully saturated rings. The Balaban J connectivity index is 1.83. The summed E-state index contributed by atoms with van der Waals surface area (Å²) in [7, 11) is 0. The number of aromatic amines is 1. The van der Waals surface area contributed by atoms with E-state index in [0.717, 1.165) is 24.3 Å². The van der Waals surface area contributed by atoms with Gasteiger partial charge in [0.05, 0.1) is 11.0 Å². The van der Waals surface area contributed by atoms with Crippen molar-refractivity contribution >= 4 is 28.6 Å². The molecule has 0 saturated heterocycles. The summed E-state index contributed by atoms with van der Waals surface area (Å²) in [5, 5.41) is 11.9. The zero-order chi connectivity index (χ0) is 22.1. The number of alkyl halides is 6. The molecule has 0 atom stereocenters. The van der Waals surface area contributed by atoms with Crippen LogP contribution in [-0.4, -0.2) is 40.2 Å². The fourth-order valence-corrected chi connectivity index (χ4v) is 2.42. The number of rotatable bonds is 6. The first-order valence-electron chi connectivity index (χ1n) is 7.99. The maximum atomic E-state index is 12.4. The van der Waals surface area contributed by atoms with Gasteiger partial charge in [0.15, 0.2) is 6.61 Å². The normalized spacial score (nSPS) is 12.1. The lowest BCUT2D eigenvalue weighted by Crippen LogP contribution is -2.20. The van der Waals surface area contributed by atoms with Gasteiger partial charge in [0.1, 0.15) is 17.1 Å². The number of carboxylic acids is 1. The first-order valence-corrected chi connectivity index (χ1v) is 7.99. The Morgan fingerprint density at radius 1 is 1.10 bits per heavy atom. The summed E-state index contributed by atoms with van der Waals surface area (Å²) < 4.78 is 82.0. The van der Waals surface area contributed by atoms with Crippen LogP contribution in [0, 0.1) is 0 Å². The number of aromatic carboxylic acids is 1. The predicted octanol–water partition coefficient (Wildman–Crippen LogP) is 4.84. The highest BCUT2D eigenvalue weighted by atomic mass is 19.4. The van der Waals surface area contributed by atoms with Gasteiger partial charge < -0.3 is 24.9 Å². The molecule has 3 rings (SSSR count). The third-order valence-corrected chi connectivity index (χ3v) is 3.56. The molecule has 160 valence electrons. The number of H-pyrrole nitrogens is 1. The van der Waals surface area contributed by atoms with E-state index in [-0.39, 0.29) is 17.0 Å². The Hall–Kier alpha value is -3.64. The lowest BCUT2D eigenvalue weighted by Gasteiger charge is -2.11. The number of imidazole rings is 1. The number of halogens is 6. The number of carbonyl (C=O) groups is 1. The van der Waals surface area contributed by atoms with Gasteiger partial charge in [-0.25, -0.2) is 9.78 Å². The molecule has 0 saturated carbocycles. The highest BCUT2D eigenvalue weighted by Gasteiger charge is 2.31. The standard InChI is InChI=1S/C17H11F6N3O4/c18-16(19,20)7-29-13-6-12-11(5-10(13)14(27)28)25-15(26-12)24-8-1-3-9(4-2-8)30-17(21,22)23/h1-6H,7H2,(H,27,28)(H2,24,25,26). The van der Waals surface area contributed by atoms with Gasteiger partial charge in [0.25, 0.3) is 0 Å². The SMILES string of the molecule is O=C(O)c1cc2[nH]c(Nc3ccc(OC(F)(F)F)cc3)nc2cc1OCC(F)(F)F. The van der Waals surface area contributed by atoms with Crippen molar-refractivity contribution in [2.24, 2.45) is 0 Å². The molecule has 13 heteroatoms. The summed E-state index contributed by atoms with van der Waals surface area (Å²) in [5.74, 6) is -2.38. The molecule has 30 heavy (non-hydrogen) atoms. The third kappa shape index (κ3) is 5.46. The van der Waals surface area contributed by atoms with Crippen LogP contribution in [0.4, 0.5) is 38.0 Å². The Bertz CT molecular complexity index is 1060. The Kier molecular flexibility index (Phi) is 5.37. The van der Waals surface area contributed by atoms with Crippen LogP contribution in [0.5, 0.6) is 11.5 Å². The van der Waals surface area contributed by atoms with Crippen molar-refractivity contribution in [2.45, 2.75) is 12.5 Å². The van der Waals surface area contributed by atoms with E-state index >= 15 is 0 Å². The number of nitrogens with zero attached hydrogens (tertiary/aromatic N) is 1.